The molecule has 3 rings (SSSR count). The van der Waals surface area contributed by atoms with Gasteiger partial charge in [0.25, 0.3) is 0 Å². The minimum Gasteiger partial charge on any atom is -0.367 e. The quantitative estimate of drug-likeness (QED) is 0.388. The van der Waals surface area contributed by atoms with Gasteiger partial charge < -0.3 is 15.4 Å². The summed E-state index contributed by atoms with van der Waals surface area (Å²) in [5.41, 5.74) is 3.90. The summed E-state index contributed by atoms with van der Waals surface area (Å²) in [6.45, 7) is -0.0512. The number of aliphatic imine (C=N–C) groups is 1. The molecule has 1 aromatic heterocycles. The highest BCUT2D eigenvalue weighted by Crippen LogP contribution is 2.16. The Bertz CT molecular complexity index is 968. The van der Waals surface area contributed by atoms with Gasteiger partial charge in [-0.25, -0.2) is 4.68 Å². The first kappa shape index (κ1) is 23.3. The van der Waals surface area contributed by atoms with Crippen LogP contribution in [0.2, 0.25) is 0 Å². The molecule has 0 bridgehead atoms. The van der Waals surface area contributed by atoms with Crippen LogP contribution in [0.4, 0.5) is 13.2 Å². The highest BCUT2D eigenvalue weighted by molar-refractivity contribution is 5.79. The van der Waals surface area contributed by atoms with Crippen molar-refractivity contribution in [1.82, 2.24) is 20.4 Å². The van der Waals surface area contributed by atoms with Crippen molar-refractivity contribution in [3.8, 4) is 5.69 Å². The topological polar surface area (TPSA) is 63.5 Å². The van der Waals surface area contributed by atoms with Gasteiger partial charge in [-0.2, -0.15) is 18.3 Å². The third-order valence-corrected chi connectivity index (χ3v) is 4.65. The molecular formula is C23H26F3N5O. The van der Waals surface area contributed by atoms with Crippen LogP contribution in [0.3, 0.4) is 0 Å². The number of benzene rings is 2. The Balaban J connectivity index is 1.38. The molecule has 9 heteroatoms. The number of hydrogen-bond acceptors (Lipinski definition) is 3. The third kappa shape index (κ3) is 7.73. The Labute approximate surface area is 185 Å². The summed E-state index contributed by atoms with van der Waals surface area (Å²) in [7, 11) is 1.70. The number of ether oxygens (including phenoxy) is 1. The van der Waals surface area contributed by atoms with Crippen LogP contribution in [0.15, 0.2) is 72.0 Å². The van der Waals surface area contributed by atoms with E-state index < -0.39 is 12.8 Å². The molecule has 0 aliphatic carbocycles. The molecule has 0 atom stereocenters. The summed E-state index contributed by atoms with van der Waals surface area (Å²) in [4.78, 5) is 4.22. The molecule has 0 amide bonds. The molecule has 2 N–H and O–H groups in total. The van der Waals surface area contributed by atoms with Gasteiger partial charge in [-0.1, -0.05) is 36.4 Å². The van der Waals surface area contributed by atoms with Crippen LogP contribution in [0.5, 0.6) is 0 Å². The van der Waals surface area contributed by atoms with E-state index in [4.69, 9.17) is 0 Å². The summed E-state index contributed by atoms with van der Waals surface area (Å²) in [6.07, 6.45) is 0.183. The fourth-order valence-electron chi connectivity index (χ4n) is 3.01. The highest BCUT2D eigenvalue weighted by atomic mass is 19.4. The van der Waals surface area contributed by atoms with Crippen molar-refractivity contribution in [2.45, 2.75) is 25.7 Å². The first-order chi connectivity index (χ1) is 15.4. The SMILES string of the molecule is CN=C(NCCc1ccc(-n2cccn2)cc1)NCc1ccc(COCC(F)(F)F)cc1. The van der Waals surface area contributed by atoms with Crippen molar-refractivity contribution < 1.29 is 17.9 Å². The van der Waals surface area contributed by atoms with Gasteiger partial charge >= 0.3 is 6.18 Å². The van der Waals surface area contributed by atoms with Crippen LogP contribution in [0.1, 0.15) is 16.7 Å². The second-order valence-electron chi connectivity index (χ2n) is 7.14. The molecule has 1 heterocycles. The van der Waals surface area contributed by atoms with Crippen molar-refractivity contribution in [3.63, 3.8) is 0 Å². The van der Waals surface area contributed by atoms with Gasteiger partial charge in [0.05, 0.1) is 12.3 Å². The molecule has 0 saturated heterocycles. The zero-order valence-corrected chi connectivity index (χ0v) is 17.8. The lowest BCUT2D eigenvalue weighted by Gasteiger charge is -2.13. The molecular weight excluding hydrogens is 419 g/mol. The minimum absolute atomic E-state index is 0.0701. The van der Waals surface area contributed by atoms with Gasteiger partial charge in [-0.05, 0) is 41.3 Å². The van der Waals surface area contributed by atoms with Gasteiger partial charge in [0.1, 0.15) is 6.61 Å². The molecule has 0 aliphatic heterocycles. The molecule has 0 unspecified atom stereocenters. The number of rotatable bonds is 9. The monoisotopic (exact) mass is 445 g/mol. The zero-order chi connectivity index (χ0) is 22.8. The number of guanidine groups is 1. The third-order valence-electron chi connectivity index (χ3n) is 4.65. The summed E-state index contributed by atoms with van der Waals surface area (Å²) in [5.74, 6) is 0.677. The number of nitrogens with one attached hydrogen (secondary N) is 2. The first-order valence-electron chi connectivity index (χ1n) is 10.2. The molecule has 0 fully saturated rings. The number of aromatic nitrogens is 2. The maximum absolute atomic E-state index is 12.1. The molecule has 0 aliphatic rings. The second kappa shape index (κ2) is 11.3. The van der Waals surface area contributed by atoms with E-state index in [0.717, 1.165) is 24.2 Å². The van der Waals surface area contributed by atoms with Crippen LogP contribution in [0, 0.1) is 0 Å². The second-order valence-corrected chi connectivity index (χ2v) is 7.14. The maximum Gasteiger partial charge on any atom is 0.411 e. The van der Waals surface area contributed by atoms with Crippen LogP contribution in [-0.4, -0.2) is 42.1 Å². The van der Waals surface area contributed by atoms with Crippen LogP contribution in [-0.2, 0) is 24.3 Å². The molecule has 6 nitrogen and oxygen atoms in total. The average Bonchev–Trinajstić information content (AvgIpc) is 3.31. The largest absolute Gasteiger partial charge is 0.411 e. The Kier molecular flexibility index (Phi) is 8.27. The summed E-state index contributed by atoms with van der Waals surface area (Å²) in [6, 6.07) is 17.3. The normalized spacial score (nSPS) is 12.1. The summed E-state index contributed by atoms with van der Waals surface area (Å²) < 4.78 is 42.9. The van der Waals surface area contributed by atoms with Crippen molar-refractivity contribution in [2.24, 2.45) is 4.99 Å². The number of nitrogens with zero attached hydrogens (tertiary/aromatic N) is 3. The standard InChI is InChI=1S/C23H26F3N5O/c1-27-22(28-13-11-18-7-9-21(10-8-18)31-14-2-12-30-31)29-15-19-3-5-20(6-4-19)16-32-17-23(24,25)26/h2-10,12,14H,11,13,15-17H2,1H3,(H2,27,28,29). The predicted molar refractivity (Wildman–Crippen MR) is 118 cm³/mol. The number of alkyl halides is 3. The first-order valence-corrected chi connectivity index (χ1v) is 10.2. The molecule has 0 saturated carbocycles. The van der Waals surface area contributed by atoms with E-state index in [9.17, 15) is 13.2 Å². The van der Waals surface area contributed by atoms with E-state index in [0.29, 0.717) is 18.1 Å². The maximum atomic E-state index is 12.1. The molecule has 32 heavy (non-hydrogen) atoms. The lowest BCUT2D eigenvalue weighted by Crippen LogP contribution is -2.37. The smallest absolute Gasteiger partial charge is 0.367 e. The number of halogens is 3. The lowest BCUT2D eigenvalue weighted by molar-refractivity contribution is -0.176. The predicted octanol–water partition coefficient (Wildman–Crippen LogP) is 3.86. The van der Waals surface area contributed by atoms with Gasteiger partial charge in [0.15, 0.2) is 5.96 Å². The highest BCUT2D eigenvalue weighted by Gasteiger charge is 2.27. The Morgan fingerprint density at radius 1 is 1.00 bits per heavy atom. The molecule has 0 spiro atoms. The van der Waals surface area contributed by atoms with E-state index in [1.807, 2.05) is 41.2 Å². The lowest BCUT2D eigenvalue weighted by atomic mass is 10.1. The van der Waals surface area contributed by atoms with E-state index in [2.05, 4.69) is 37.6 Å². The zero-order valence-electron chi connectivity index (χ0n) is 17.8. The molecule has 170 valence electrons. The summed E-state index contributed by atoms with van der Waals surface area (Å²) >= 11 is 0. The van der Waals surface area contributed by atoms with Crippen molar-refractivity contribution in [1.29, 1.82) is 0 Å². The van der Waals surface area contributed by atoms with E-state index in [1.165, 1.54) is 5.56 Å². The van der Waals surface area contributed by atoms with Gasteiger partial charge in [0.2, 0.25) is 0 Å². The van der Waals surface area contributed by atoms with Crippen molar-refractivity contribution in [2.75, 3.05) is 20.2 Å². The van der Waals surface area contributed by atoms with Crippen molar-refractivity contribution in [3.05, 3.63) is 83.7 Å². The molecule has 0 radical (unpaired) electrons. The van der Waals surface area contributed by atoms with Gasteiger partial charge in [-0.15, -0.1) is 0 Å². The Morgan fingerprint density at radius 2 is 1.69 bits per heavy atom. The summed E-state index contributed by atoms with van der Waals surface area (Å²) in [5, 5.41) is 10.7. The minimum atomic E-state index is -4.31. The van der Waals surface area contributed by atoms with Crippen LogP contribution >= 0.6 is 0 Å². The Morgan fingerprint density at radius 3 is 2.31 bits per heavy atom. The number of hydrogen-bond donors (Lipinski definition) is 2. The molecule has 3 aromatic rings. The fourth-order valence-corrected chi connectivity index (χ4v) is 3.01. The van der Waals surface area contributed by atoms with Gasteiger partial charge in [0, 0.05) is 32.5 Å². The van der Waals surface area contributed by atoms with E-state index >= 15 is 0 Å². The van der Waals surface area contributed by atoms with E-state index in [1.54, 1.807) is 25.4 Å². The van der Waals surface area contributed by atoms with Gasteiger partial charge in [-0.3, -0.25) is 4.99 Å². The van der Waals surface area contributed by atoms with Crippen LogP contribution in [0.25, 0.3) is 5.69 Å². The fraction of sp³-hybridized carbons (Fsp3) is 0.304. The molecule has 2 aromatic carbocycles. The Hall–Kier alpha value is -3.33. The average molecular weight is 445 g/mol. The van der Waals surface area contributed by atoms with Crippen LogP contribution < -0.4 is 10.6 Å². The van der Waals surface area contributed by atoms with Crippen molar-refractivity contribution >= 4 is 5.96 Å². The van der Waals surface area contributed by atoms with E-state index in [-0.39, 0.29) is 6.61 Å².